The average Bonchev–Trinajstić information content (AvgIpc) is 3.26. The molecule has 9 heteroatoms. The summed E-state index contributed by atoms with van der Waals surface area (Å²) >= 11 is 0. The Morgan fingerprint density at radius 2 is 1.44 bits per heavy atom. The molecular weight excluding hydrogens is 383 g/mol. The Labute approximate surface area is 194 Å². The van der Waals surface area contributed by atoms with Gasteiger partial charge in [0.2, 0.25) is 0 Å². The number of aromatic carboxylic acids is 1. The average molecular weight is 395 g/mol. The molecule has 0 saturated carbocycles. The normalized spacial score (nSPS) is 9.52. The Morgan fingerprint density at radius 3 is 2.00 bits per heavy atom. The van der Waals surface area contributed by atoms with Crippen molar-refractivity contribution in [1.29, 1.82) is 5.26 Å². The number of H-pyrrole nitrogens is 2. The summed E-state index contributed by atoms with van der Waals surface area (Å²) in [5, 5.41) is 18.2. The first kappa shape index (κ1) is 23.0. The second-order valence-corrected chi connectivity index (χ2v) is 5.14. The first-order valence-corrected chi connectivity index (χ1v) is 7.17. The maximum atomic E-state index is 13.1. The zero-order valence-corrected chi connectivity index (χ0v) is 17.2. The van der Waals surface area contributed by atoms with Crippen molar-refractivity contribution < 1.29 is 75.5 Å². The molecule has 0 atom stereocenters. The van der Waals surface area contributed by atoms with Crippen molar-refractivity contribution in [2.24, 2.45) is 0 Å². The Hall–Kier alpha value is -2.06. The number of hydrogen-bond acceptors (Lipinski definition) is 3. The van der Waals surface area contributed by atoms with Gasteiger partial charge in [-0.3, -0.25) is 0 Å². The van der Waals surface area contributed by atoms with Crippen LogP contribution in [0.4, 0.5) is 8.78 Å². The van der Waals surface area contributed by atoms with Crippen LogP contribution in [-0.2, 0) is 0 Å². The number of nitrogens with one attached hydrogen (secondary N) is 2. The number of nitrogens with zero attached hydrogens (tertiary/aromatic N) is 1. The van der Waals surface area contributed by atoms with Gasteiger partial charge in [0.15, 0.2) is 0 Å². The molecule has 0 radical (unpaired) electrons. The predicted molar refractivity (Wildman–Crippen MR) is 90.1 cm³/mol. The molecule has 27 heavy (non-hydrogen) atoms. The minimum atomic E-state index is -1.06. The van der Waals surface area contributed by atoms with E-state index in [2.05, 4.69) is 9.97 Å². The Bertz CT molecular complexity index is 1130. The van der Waals surface area contributed by atoms with Crippen molar-refractivity contribution in [3.05, 3.63) is 71.6 Å². The minimum Gasteiger partial charge on any atom is -0.870 e. The zero-order chi connectivity index (χ0) is 18.0. The molecule has 0 fully saturated rings. The number of fused-ring (bicyclic) bond motifs is 2. The third kappa shape index (κ3) is 4.62. The number of aromatic amines is 2. The number of halogens is 2. The van der Waals surface area contributed by atoms with Gasteiger partial charge in [-0.1, -0.05) is 0 Å². The molecular formula is C18H12F2KN3O3. The number of carboxylic acid groups (broad SMARTS) is 1. The van der Waals surface area contributed by atoms with Gasteiger partial charge in [-0.2, -0.15) is 5.26 Å². The van der Waals surface area contributed by atoms with Crippen LogP contribution in [0.25, 0.3) is 21.8 Å². The fraction of sp³-hybridized carbons (Fsp3) is 0. The maximum Gasteiger partial charge on any atom is 1.00 e. The number of aromatic nitrogens is 2. The van der Waals surface area contributed by atoms with Crippen LogP contribution in [-0.4, -0.2) is 26.5 Å². The summed E-state index contributed by atoms with van der Waals surface area (Å²) in [4.78, 5) is 16.2. The maximum absolute atomic E-state index is 13.1. The summed E-state index contributed by atoms with van der Waals surface area (Å²) in [7, 11) is 0. The van der Waals surface area contributed by atoms with Gasteiger partial charge in [0.1, 0.15) is 17.7 Å². The standard InChI is InChI=1S/C9H5FN2.C9H6FNO2.K.H2O/c10-8-2-1-6(5-11)9-7(8)3-4-12-9;10-7-2-1-6(9(12)13)8-5(7)3-4-11-8;;/h1-4,12H;1-4,11H,(H,12,13);;1H2/q;;+1;/p-1. The number of carboxylic acids is 1. The molecule has 4 N–H and O–H groups in total. The van der Waals surface area contributed by atoms with Crippen molar-refractivity contribution >= 4 is 27.8 Å². The van der Waals surface area contributed by atoms with Gasteiger partial charge in [-0.05, 0) is 36.4 Å². The molecule has 0 unspecified atom stereocenters. The van der Waals surface area contributed by atoms with Crippen LogP contribution in [0.1, 0.15) is 15.9 Å². The third-order valence-electron chi connectivity index (χ3n) is 3.69. The number of rotatable bonds is 1. The van der Waals surface area contributed by atoms with E-state index in [1.165, 1.54) is 30.5 Å². The second kappa shape index (κ2) is 9.75. The van der Waals surface area contributed by atoms with Crippen molar-refractivity contribution in [2.75, 3.05) is 0 Å². The van der Waals surface area contributed by atoms with Gasteiger partial charge in [0.25, 0.3) is 0 Å². The summed E-state index contributed by atoms with van der Waals surface area (Å²) in [6.45, 7) is 0. The second-order valence-electron chi connectivity index (χ2n) is 5.14. The fourth-order valence-corrected chi connectivity index (χ4v) is 2.51. The van der Waals surface area contributed by atoms with E-state index < -0.39 is 11.8 Å². The molecule has 132 valence electrons. The summed E-state index contributed by atoms with van der Waals surface area (Å²) in [5.74, 6) is -1.78. The van der Waals surface area contributed by atoms with Crippen LogP contribution in [0, 0.1) is 23.0 Å². The van der Waals surface area contributed by atoms with E-state index in [1.54, 1.807) is 12.3 Å². The molecule has 2 aromatic heterocycles. The molecule has 0 saturated heterocycles. The SMILES string of the molecule is N#Cc1ccc(F)c2cc[nH]c12.O=C(O)c1ccc(F)c2cc[nH]c12.[K+].[OH-]. The van der Waals surface area contributed by atoms with E-state index in [4.69, 9.17) is 10.4 Å². The first-order valence-electron chi connectivity index (χ1n) is 7.17. The molecule has 0 amide bonds. The molecule has 0 aliphatic rings. The molecule has 0 spiro atoms. The Balaban J connectivity index is 0.000000252. The van der Waals surface area contributed by atoms with Crippen LogP contribution in [0.2, 0.25) is 0 Å². The van der Waals surface area contributed by atoms with Crippen LogP contribution in [0.15, 0.2) is 48.8 Å². The summed E-state index contributed by atoms with van der Waals surface area (Å²) in [6, 6.07) is 10.3. The molecule has 2 heterocycles. The zero-order valence-electron chi connectivity index (χ0n) is 14.1. The van der Waals surface area contributed by atoms with Crippen molar-refractivity contribution in [3.8, 4) is 6.07 Å². The van der Waals surface area contributed by atoms with Gasteiger partial charge < -0.3 is 20.6 Å². The quantitative estimate of drug-likeness (QED) is 0.416. The van der Waals surface area contributed by atoms with E-state index in [1.807, 2.05) is 6.07 Å². The number of nitriles is 1. The molecule has 6 nitrogen and oxygen atoms in total. The predicted octanol–water partition coefficient (Wildman–Crippen LogP) is 1.01. The van der Waals surface area contributed by atoms with Gasteiger partial charge in [0, 0.05) is 23.2 Å². The third-order valence-corrected chi connectivity index (χ3v) is 3.69. The molecule has 2 aromatic carbocycles. The Kier molecular flexibility index (Phi) is 8.30. The number of benzene rings is 2. The first-order chi connectivity index (χ1) is 12.0. The van der Waals surface area contributed by atoms with Crippen molar-refractivity contribution in [3.63, 3.8) is 0 Å². The summed E-state index contributed by atoms with van der Waals surface area (Å²) in [5.41, 5.74) is 1.45. The van der Waals surface area contributed by atoms with Crippen LogP contribution < -0.4 is 51.4 Å². The largest absolute Gasteiger partial charge is 1.00 e. The van der Waals surface area contributed by atoms with Crippen LogP contribution in [0.3, 0.4) is 0 Å². The van der Waals surface area contributed by atoms with Crippen molar-refractivity contribution in [2.45, 2.75) is 0 Å². The monoisotopic (exact) mass is 395 g/mol. The molecule has 0 aliphatic carbocycles. The molecule has 4 rings (SSSR count). The van der Waals surface area contributed by atoms with E-state index in [-0.39, 0.29) is 68.2 Å². The van der Waals surface area contributed by atoms with Gasteiger partial charge >= 0.3 is 57.4 Å². The van der Waals surface area contributed by atoms with Gasteiger partial charge in [0.05, 0.1) is 22.2 Å². The smallest absolute Gasteiger partial charge is 0.870 e. The number of hydrogen-bond donors (Lipinski definition) is 3. The van der Waals surface area contributed by atoms with Gasteiger partial charge in [-0.25, -0.2) is 13.6 Å². The topological polar surface area (TPSA) is 123 Å². The minimum absolute atomic E-state index is 0. The van der Waals surface area contributed by atoms with E-state index in [0.29, 0.717) is 27.4 Å². The molecule has 0 aliphatic heterocycles. The molecule has 4 aromatic rings. The number of carbonyl (C=O) groups is 1. The van der Waals surface area contributed by atoms with Crippen molar-refractivity contribution in [1.82, 2.24) is 9.97 Å². The van der Waals surface area contributed by atoms with Crippen LogP contribution >= 0.6 is 0 Å². The Morgan fingerprint density at radius 1 is 0.926 bits per heavy atom. The molecule has 0 bridgehead atoms. The van der Waals surface area contributed by atoms with Crippen LogP contribution in [0.5, 0.6) is 0 Å². The fourth-order valence-electron chi connectivity index (χ4n) is 2.51. The summed E-state index contributed by atoms with van der Waals surface area (Å²) in [6.07, 6.45) is 3.13. The summed E-state index contributed by atoms with van der Waals surface area (Å²) < 4.78 is 26.1. The van der Waals surface area contributed by atoms with E-state index in [9.17, 15) is 13.6 Å². The van der Waals surface area contributed by atoms with Gasteiger partial charge in [-0.15, -0.1) is 0 Å². The van der Waals surface area contributed by atoms with E-state index >= 15 is 0 Å². The van der Waals surface area contributed by atoms with E-state index in [0.717, 1.165) is 6.07 Å².